The minimum atomic E-state index is -4.03. The fourth-order valence-electron chi connectivity index (χ4n) is 4.39. The number of rotatable bonds is 6. The molecule has 1 aliphatic carbocycles. The number of anilines is 1. The van der Waals surface area contributed by atoms with E-state index in [2.05, 4.69) is 19.8 Å². The van der Waals surface area contributed by atoms with Crippen molar-refractivity contribution in [2.45, 2.75) is 55.0 Å². The molecule has 13 heteroatoms. The molecule has 33 heavy (non-hydrogen) atoms. The van der Waals surface area contributed by atoms with Crippen LogP contribution in [0.4, 0.5) is 5.13 Å². The van der Waals surface area contributed by atoms with Crippen LogP contribution in [0.1, 0.15) is 38.5 Å². The third-order valence-electron chi connectivity index (χ3n) is 6.14. The van der Waals surface area contributed by atoms with Gasteiger partial charge in [0.15, 0.2) is 0 Å². The molecule has 0 unspecified atom stereocenters. The topological polar surface area (TPSA) is 128 Å². The number of benzene rings is 1. The first-order chi connectivity index (χ1) is 15.7. The van der Waals surface area contributed by atoms with Gasteiger partial charge >= 0.3 is 0 Å². The number of nitrogens with two attached hydrogens (primary N) is 1. The van der Waals surface area contributed by atoms with Crippen LogP contribution in [-0.2, 0) is 14.8 Å². The van der Waals surface area contributed by atoms with Gasteiger partial charge < -0.3 is 15.4 Å². The number of amides is 1. The molecule has 9 nitrogen and oxygen atoms in total. The first-order valence-corrected chi connectivity index (χ1v) is 13.8. The van der Waals surface area contributed by atoms with E-state index in [4.69, 9.17) is 33.7 Å². The Kier molecular flexibility index (Phi) is 7.64. The van der Waals surface area contributed by atoms with Crippen molar-refractivity contribution < 1.29 is 17.9 Å². The van der Waals surface area contributed by atoms with Gasteiger partial charge in [0.2, 0.25) is 11.0 Å². The van der Waals surface area contributed by atoms with E-state index in [1.165, 1.54) is 0 Å². The predicted octanol–water partition coefficient (Wildman–Crippen LogP) is 3.33. The molecule has 1 aromatic heterocycles. The highest BCUT2D eigenvalue weighted by atomic mass is 35.5. The van der Waals surface area contributed by atoms with Crippen LogP contribution < -0.4 is 15.2 Å². The van der Waals surface area contributed by atoms with Crippen molar-refractivity contribution in [2.24, 2.45) is 5.92 Å². The van der Waals surface area contributed by atoms with Gasteiger partial charge in [-0.15, -0.1) is 10.2 Å². The van der Waals surface area contributed by atoms with Gasteiger partial charge in [-0.1, -0.05) is 34.5 Å². The van der Waals surface area contributed by atoms with Crippen molar-refractivity contribution in [2.75, 3.05) is 18.8 Å². The summed E-state index contributed by atoms with van der Waals surface area (Å²) in [6, 6.07) is 5.69. The van der Waals surface area contributed by atoms with Crippen molar-refractivity contribution in [3.63, 3.8) is 0 Å². The molecule has 3 N–H and O–H groups in total. The van der Waals surface area contributed by atoms with Gasteiger partial charge in [-0.2, -0.15) is 8.42 Å². The van der Waals surface area contributed by atoms with Crippen LogP contribution >= 0.6 is 34.5 Å². The molecule has 2 heterocycles. The second-order valence-corrected chi connectivity index (χ2v) is 12.0. The number of aromatic nitrogens is 2. The van der Waals surface area contributed by atoms with E-state index < -0.39 is 15.9 Å². The van der Waals surface area contributed by atoms with Gasteiger partial charge in [-0.25, -0.2) is 4.72 Å². The molecule has 4 rings (SSSR count). The largest absolute Gasteiger partial charge is 0.490 e. The minimum absolute atomic E-state index is 0.0365. The molecule has 0 bridgehead atoms. The van der Waals surface area contributed by atoms with Crippen LogP contribution in [0.15, 0.2) is 22.5 Å². The van der Waals surface area contributed by atoms with Crippen molar-refractivity contribution in [1.29, 1.82) is 0 Å². The zero-order valence-corrected chi connectivity index (χ0v) is 20.9. The number of halogens is 2. The Morgan fingerprint density at radius 1 is 1.09 bits per heavy atom. The lowest BCUT2D eigenvalue weighted by Gasteiger charge is -2.40. The molecule has 1 amide bonds. The summed E-state index contributed by atoms with van der Waals surface area (Å²) in [5.74, 6) is -0.103. The monoisotopic (exact) mass is 533 g/mol. The number of hydrogen-bond donors (Lipinski definition) is 2. The highest BCUT2D eigenvalue weighted by Crippen LogP contribution is 2.32. The second-order valence-electron chi connectivity index (χ2n) is 8.31. The average Bonchev–Trinajstić information content (AvgIpc) is 3.24. The lowest BCUT2D eigenvalue weighted by atomic mass is 9.84. The van der Waals surface area contributed by atoms with E-state index in [0.29, 0.717) is 28.9 Å². The molecule has 1 saturated heterocycles. The smallest absolute Gasteiger partial charge is 0.293 e. The van der Waals surface area contributed by atoms with E-state index >= 15 is 0 Å². The first kappa shape index (κ1) is 24.5. The molecule has 0 radical (unpaired) electrons. The second kappa shape index (κ2) is 10.3. The molecule has 2 aliphatic rings. The van der Waals surface area contributed by atoms with Gasteiger partial charge in [0.25, 0.3) is 14.4 Å². The molecular weight excluding hydrogens is 509 g/mol. The maximum atomic E-state index is 12.5. The maximum absolute atomic E-state index is 12.5. The fourth-order valence-corrected chi connectivity index (χ4v) is 6.51. The fraction of sp³-hybridized carbons (Fsp3) is 0.550. The molecule has 0 spiro atoms. The lowest BCUT2D eigenvalue weighted by molar-refractivity contribution is -0.124. The summed E-state index contributed by atoms with van der Waals surface area (Å²) < 4.78 is 32.5. The van der Waals surface area contributed by atoms with E-state index in [1.54, 1.807) is 12.1 Å². The summed E-state index contributed by atoms with van der Waals surface area (Å²) in [7, 11) is -4.03. The zero-order valence-electron chi connectivity index (χ0n) is 17.7. The average molecular weight is 534 g/mol. The normalized spacial score (nSPS) is 22.7. The summed E-state index contributed by atoms with van der Waals surface area (Å²) in [6.45, 7) is 1.83. The van der Waals surface area contributed by atoms with Crippen LogP contribution in [0.5, 0.6) is 5.75 Å². The Hall–Kier alpha value is -1.66. The number of sulfonamides is 1. The number of nitrogen functional groups attached to an aromatic ring is 1. The van der Waals surface area contributed by atoms with Gasteiger partial charge in [0.1, 0.15) is 11.9 Å². The SMILES string of the molecule is Nc1nnc(S(=O)(=O)NC(=O)[C@H]2CC[C@H](N3CCC(Oc4ccc(Cl)c(Cl)c4)CC3)CC2)s1. The van der Waals surface area contributed by atoms with Gasteiger partial charge in [0, 0.05) is 31.1 Å². The summed E-state index contributed by atoms with van der Waals surface area (Å²) in [5.41, 5.74) is 5.44. The zero-order chi connectivity index (χ0) is 23.6. The molecule has 180 valence electrons. The summed E-state index contributed by atoms with van der Waals surface area (Å²) >= 11 is 12.8. The first-order valence-electron chi connectivity index (χ1n) is 10.7. The third kappa shape index (κ3) is 6.07. The highest BCUT2D eigenvalue weighted by molar-refractivity contribution is 7.92. The molecule has 1 saturated carbocycles. The van der Waals surface area contributed by atoms with E-state index in [0.717, 1.165) is 55.9 Å². The van der Waals surface area contributed by atoms with Crippen LogP contribution in [0.2, 0.25) is 10.0 Å². The number of ether oxygens (including phenoxy) is 1. The van der Waals surface area contributed by atoms with E-state index in [9.17, 15) is 13.2 Å². The number of nitrogens with zero attached hydrogens (tertiary/aromatic N) is 3. The number of piperidine rings is 1. The molecule has 2 aromatic rings. The van der Waals surface area contributed by atoms with Crippen LogP contribution in [0.3, 0.4) is 0 Å². The lowest BCUT2D eigenvalue weighted by Crippen LogP contribution is -2.46. The van der Waals surface area contributed by atoms with E-state index in [1.807, 2.05) is 6.07 Å². The predicted molar refractivity (Wildman–Crippen MR) is 127 cm³/mol. The Bertz CT molecular complexity index is 1100. The molecule has 1 aromatic carbocycles. The van der Waals surface area contributed by atoms with Gasteiger partial charge in [-0.05, 0) is 50.7 Å². The summed E-state index contributed by atoms with van der Waals surface area (Å²) in [6.07, 6.45) is 4.92. The molecule has 0 atom stereocenters. The van der Waals surface area contributed by atoms with Crippen LogP contribution in [0.25, 0.3) is 0 Å². The van der Waals surface area contributed by atoms with Crippen molar-refractivity contribution in [3.8, 4) is 5.75 Å². The van der Waals surface area contributed by atoms with Crippen LogP contribution in [-0.4, -0.2) is 54.7 Å². The summed E-state index contributed by atoms with van der Waals surface area (Å²) in [4.78, 5) is 15.0. The number of carbonyl (C=O) groups excluding carboxylic acids is 1. The van der Waals surface area contributed by atoms with Gasteiger partial charge in [-0.3, -0.25) is 4.79 Å². The third-order valence-corrected chi connectivity index (χ3v) is 9.35. The Morgan fingerprint density at radius 3 is 2.39 bits per heavy atom. The highest BCUT2D eigenvalue weighted by Gasteiger charge is 2.34. The quantitative estimate of drug-likeness (QED) is 0.578. The van der Waals surface area contributed by atoms with Crippen molar-refractivity contribution >= 4 is 55.6 Å². The Balaban J connectivity index is 1.22. The number of hydrogen-bond acceptors (Lipinski definition) is 9. The van der Waals surface area contributed by atoms with Gasteiger partial charge in [0.05, 0.1) is 10.0 Å². The maximum Gasteiger partial charge on any atom is 0.293 e. The number of carbonyl (C=O) groups is 1. The Morgan fingerprint density at radius 2 is 1.79 bits per heavy atom. The van der Waals surface area contributed by atoms with E-state index in [-0.39, 0.29) is 21.5 Å². The molecule has 1 aliphatic heterocycles. The minimum Gasteiger partial charge on any atom is -0.490 e. The Labute approximate surface area is 206 Å². The number of nitrogens with one attached hydrogen (secondary N) is 1. The van der Waals surface area contributed by atoms with Crippen LogP contribution in [0, 0.1) is 5.92 Å². The number of likely N-dealkylation sites (tertiary alicyclic amines) is 1. The van der Waals surface area contributed by atoms with Crippen molar-refractivity contribution in [3.05, 3.63) is 28.2 Å². The van der Waals surface area contributed by atoms with Crippen molar-refractivity contribution in [1.82, 2.24) is 19.8 Å². The molecular formula is C20H25Cl2N5O4S2. The summed E-state index contributed by atoms with van der Waals surface area (Å²) in [5, 5.41) is 8.02. The standard InChI is InChI=1S/C20H25Cl2N5O4S2/c21-16-6-5-15(11-17(16)22)31-14-7-9-27(10-8-14)13-3-1-12(2-4-13)18(28)26-33(29,30)20-25-24-19(23)32-20/h5-6,11-14H,1-4,7-10H2,(H2,23,24)(H,26,28)/t12-,13-. The molecule has 2 fully saturated rings.